The molecule has 48 heavy (non-hydrogen) atoms. The number of anilines is 1. The fraction of sp³-hybridized carbons (Fsp3) is 0.410. The van der Waals surface area contributed by atoms with Crippen LogP contribution in [-0.2, 0) is 6.54 Å². The Balaban J connectivity index is 1.40. The van der Waals surface area contributed by atoms with Crippen LogP contribution < -0.4 is 5.32 Å². The number of unbranched alkanes of at least 4 members (excludes halogenated alkanes) is 2. The standard InChI is InChI=1S/C39H51N7O2/c1-6-22-44(23-10-9-11-24-47)26-29-12-14-30(15-13-29)36-25-34-33(20-21-40-38(34)42-36)35-27-46(28(4)5)43-37(35)31-16-18-32(19-17-31)41-39(48)45(7-2)8-3/h12-21,25,27-28,47H,6-11,22-24,26H2,1-5H3,(H,40,42)(H,41,48). The molecule has 2 aromatic carbocycles. The highest BCUT2D eigenvalue weighted by Crippen LogP contribution is 2.37. The zero-order chi connectivity index (χ0) is 34.0. The van der Waals surface area contributed by atoms with Gasteiger partial charge in [-0.2, -0.15) is 5.10 Å². The molecular weight excluding hydrogens is 598 g/mol. The SMILES string of the molecule is CCCN(CCCCCO)Cc1ccc(-c2cc3c(-c4cn(C(C)C)nc4-c4ccc(NC(=O)N(CC)CC)cc4)ccnc3[nH]2)cc1. The van der Waals surface area contributed by atoms with E-state index < -0.39 is 0 Å². The van der Waals surface area contributed by atoms with Gasteiger partial charge in [0.2, 0.25) is 0 Å². The first-order valence-electron chi connectivity index (χ1n) is 17.5. The average molecular weight is 650 g/mol. The summed E-state index contributed by atoms with van der Waals surface area (Å²) in [5, 5.41) is 18.2. The van der Waals surface area contributed by atoms with Gasteiger partial charge in [0.25, 0.3) is 0 Å². The van der Waals surface area contributed by atoms with Crippen molar-refractivity contribution in [1.29, 1.82) is 0 Å². The van der Waals surface area contributed by atoms with E-state index in [1.165, 1.54) is 5.56 Å². The average Bonchev–Trinajstić information content (AvgIpc) is 3.74. The highest BCUT2D eigenvalue weighted by molar-refractivity contribution is 5.99. The third-order valence-corrected chi connectivity index (χ3v) is 8.89. The van der Waals surface area contributed by atoms with E-state index in [2.05, 4.69) is 78.6 Å². The number of carbonyl (C=O) groups excluding carboxylic acids is 1. The number of nitrogens with zero attached hydrogens (tertiary/aromatic N) is 5. The summed E-state index contributed by atoms with van der Waals surface area (Å²) in [6.45, 7) is 15.1. The van der Waals surface area contributed by atoms with Gasteiger partial charge in [0, 0.05) is 72.6 Å². The topological polar surface area (TPSA) is 102 Å². The Labute approximate surface area is 285 Å². The van der Waals surface area contributed by atoms with Crippen LogP contribution in [0.4, 0.5) is 10.5 Å². The number of hydrogen-bond acceptors (Lipinski definition) is 5. The van der Waals surface area contributed by atoms with E-state index in [1.54, 1.807) is 4.90 Å². The van der Waals surface area contributed by atoms with E-state index in [9.17, 15) is 4.79 Å². The molecule has 0 spiro atoms. The van der Waals surface area contributed by atoms with Crippen molar-refractivity contribution in [3.05, 3.63) is 78.6 Å². The smallest absolute Gasteiger partial charge is 0.321 e. The van der Waals surface area contributed by atoms with Gasteiger partial charge < -0.3 is 20.3 Å². The maximum absolute atomic E-state index is 12.6. The molecular formula is C39H51N7O2. The number of aliphatic hydroxyl groups excluding tert-OH is 1. The van der Waals surface area contributed by atoms with Crippen LogP contribution in [0.2, 0.25) is 0 Å². The number of hydrogen-bond donors (Lipinski definition) is 3. The first-order valence-corrected chi connectivity index (χ1v) is 17.5. The van der Waals surface area contributed by atoms with Gasteiger partial charge in [0.1, 0.15) is 11.3 Å². The van der Waals surface area contributed by atoms with Crippen molar-refractivity contribution in [2.45, 2.75) is 72.9 Å². The van der Waals surface area contributed by atoms with E-state index in [-0.39, 0.29) is 18.7 Å². The predicted molar refractivity (Wildman–Crippen MR) is 197 cm³/mol. The number of H-pyrrole nitrogens is 1. The van der Waals surface area contributed by atoms with Crippen LogP contribution in [0.15, 0.2) is 73.1 Å². The van der Waals surface area contributed by atoms with Crippen LogP contribution in [0, 0.1) is 0 Å². The van der Waals surface area contributed by atoms with Crippen LogP contribution in [-0.4, -0.2) is 73.5 Å². The number of pyridine rings is 1. The molecule has 5 aromatic rings. The minimum absolute atomic E-state index is 0.0987. The Bertz CT molecular complexity index is 1750. The Morgan fingerprint density at radius 2 is 1.65 bits per heavy atom. The first-order chi connectivity index (χ1) is 23.3. The highest BCUT2D eigenvalue weighted by Gasteiger charge is 2.19. The number of benzene rings is 2. The van der Waals surface area contributed by atoms with Crippen molar-refractivity contribution in [3.63, 3.8) is 0 Å². The lowest BCUT2D eigenvalue weighted by atomic mass is 9.99. The number of aliphatic hydroxyl groups is 1. The molecule has 0 aliphatic rings. The number of carbonyl (C=O) groups is 1. The van der Waals surface area contributed by atoms with E-state index in [0.717, 1.165) is 95.7 Å². The molecule has 254 valence electrons. The normalized spacial score (nSPS) is 11.6. The molecule has 0 aliphatic heterocycles. The molecule has 0 fully saturated rings. The number of urea groups is 1. The summed E-state index contributed by atoms with van der Waals surface area (Å²) < 4.78 is 2.01. The number of amides is 2. The lowest BCUT2D eigenvalue weighted by Gasteiger charge is -2.21. The van der Waals surface area contributed by atoms with Crippen molar-refractivity contribution in [2.75, 3.05) is 38.1 Å². The Morgan fingerprint density at radius 1 is 0.917 bits per heavy atom. The summed E-state index contributed by atoms with van der Waals surface area (Å²) in [6, 6.07) is 21.1. The minimum Gasteiger partial charge on any atom is -0.396 e. The number of rotatable bonds is 16. The summed E-state index contributed by atoms with van der Waals surface area (Å²) in [4.78, 5) is 25.1. The zero-order valence-corrected chi connectivity index (χ0v) is 29.2. The van der Waals surface area contributed by atoms with Crippen molar-refractivity contribution in [1.82, 2.24) is 29.5 Å². The summed E-state index contributed by atoms with van der Waals surface area (Å²) in [5.74, 6) is 0. The summed E-state index contributed by atoms with van der Waals surface area (Å²) in [5.41, 5.74) is 9.00. The molecule has 3 heterocycles. The molecule has 3 aromatic heterocycles. The molecule has 9 heteroatoms. The zero-order valence-electron chi connectivity index (χ0n) is 29.2. The second kappa shape index (κ2) is 16.6. The largest absolute Gasteiger partial charge is 0.396 e. The molecule has 0 saturated heterocycles. The van der Waals surface area contributed by atoms with Crippen LogP contribution in [0.5, 0.6) is 0 Å². The molecule has 0 saturated carbocycles. The van der Waals surface area contributed by atoms with Crippen molar-refractivity contribution in [3.8, 4) is 33.6 Å². The quantitative estimate of drug-likeness (QED) is 0.0930. The highest BCUT2D eigenvalue weighted by atomic mass is 16.3. The second-order valence-electron chi connectivity index (χ2n) is 12.7. The van der Waals surface area contributed by atoms with Gasteiger partial charge in [-0.25, -0.2) is 9.78 Å². The predicted octanol–water partition coefficient (Wildman–Crippen LogP) is 8.59. The number of aromatic amines is 1. The molecule has 0 atom stereocenters. The minimum atomic E-state index is -0.0987. The molecule has 9 nitrogen and oxygen atoms in total. The maximum atomic E-state index is 12.6. The van der Waals surface area contributed by atoms with E-state index in [1.807, 2.05) is 49.0 Å². The van der Waals surface area contributed by atoms with Crippen LogP contribution in [0.25, 0.3) is 44.7 Å². The van der Waals surface area contributed by atoms with E-state index in [4.69, 9.17) is 15.2 Å². The molecule has 0 unspecified atom stereocenters. The second-order valence-corrected chi connectivity index (χ2v) is 12.7. The number of fused-ring (bicyclic) bond motifs is 1. The van der Waals surface area contributed by atoms with Gasteiger partial charge in [-0.15, -0.1) is 0 Å². The van der Waals surface area contributed by atoms with Gasteiger partial charge in [-0.05, 0) is 107 Å². The van der Waals surface area contributed by atoms with Crippen molar-refractivity contribution < 1.29 is 9.90 Å². The molecule has 0 radical (unpaired) electrons. The fourth-order valence-corrected chi connectivity index (χ4v) is 6.17. The molecule has 5 rings (SSSR count). The third kappa shape index (κ3) is 8.32. The van der Waals surface area contributed by atoms with Gasteiger partial charge >= 0.3 is 6.03 Å². The summed E-state index contributed by atoms with van der Waals surface area (Å²) >= 11 is 0. The van der Waals surface area contributed by atoms with Gasteiger partial charge in [-0.1, -0.05) is 43.3 Å². The molecule has 0 bridgehead atoms. The fourth-order valence-electron chi connectivity index (χ4n) is 6.17. The first kappa shape index (κ1) is 34.9. The van der Waals surface area contributed by atoms with Gasteiger partial charge in [0.05, 0.1) is 0 Å². The monoisotopic (exact) mass is 649 g/mol. The van der Waals surface area contributed by atoms with Crippen molar-refractivity contribution >= 4 is 22.8 Å². The van der Waals surface area contributed by atoms with E-state index in [0.29, 0.717) is 13.1 Å². The van der Waals surface area contributed by atoms with Crippen LogP contribution in [0.3, 0.4) is 0 Å². The van der Waals surface area contributed by atoms with Crippen LogP contribution >= 0.6 is 0 Å². The number of nitrogens with one attached hydrogen (secondary N) is 2. The van der Waals surface area contributed by atoms with Crippen molar-refractivity contribution in [2.24, 2.45) is 0 Å². The van der Waals surface area contributed by atoms with E-state index >= 15 is 0 Å². The molecule has 2 amide bonds. The van der Waals surface area contributed by atoms with Gasteiger partial charge in [0.15, 0.2) is 0 Å². The molecule has 3 N–H and O–H groups in total. The van der Waals surface area contributed by atoms with Gasteiger partial charge in [-0.3, -0.25) is 9.58 Å². The Hall–Kier alpha value is -4.47. The van der Waals surface area contributed by atoms with Crippen LogP contribution in [0.1, 0.15) is 71.9 Å². The molecule has 0 aliphatic carbocycles. The lowest BCUT2D eigenvalue weighted by Crippen LogP contribution is -2.34. The summed E-state index contributed by atoms with van der Waals surface area (Å²) in [7, 11) is 0. The number of aromatic nitrogens is 4. The Morgan fingerprint density at radius 3 is 2.31 bits per heavy atom. The maximum Gasteiger partial charge on any atom is 0.321 e. The Kier molecular flexibility index (Phi) is 12.0. The third-order valence-electron chi connectivity index (χ3n) is 8.89. The lowest BCUT2D eigenvalue weighted by molar-refractivity contribution is 0.217. The summed E-state index contributed by atoms with van der Waals surface area (Å²) in [6.07, 6.45) is 8.16.